The summed E-state index contributed by atoms with van der Waals surface area (Å²) in [5.41, 5.74) is 1.22. The van der Waals surface area contributed by atoms with E-state index in [0.717, 1.165) is 12.1 Å². The van der Waals surface area contributed by atoms with Gasteiger partial charge in [-0.1, -0.05) is 18.2 Å². The number of pyridine rings is 1. The molecule has 3 rings (SSSR count). The number of carbonyl (C=O) groups excluding carboxylic acids is 1. The molecule has 1 aromatic heterocycles. The summed E-state index contributed by atoms with van der Waals surface area (Å²) in [5, 5.41) is 5.43. The Kier molecular flexibility index (Phi) is 5.71. The molecule has 0 aliphatic carbocycles. The number of rotatable bonds is 6. The molecular formula is C20H16F3N3O. The minimum atomic E-state index is -0.866. The number of aromatic nitrogens is 1. The van der Waals surface area contributed by atoms with Gasteiger partial charge in [0.05, 0.1) is 17.6 Å². The van der Waals surface area contributed by atoms with Crippen LogP contribution in [-0.4, -0.2) is 17.4 Å². The predicted molar refractivity (Wildman–Crippen MR) is 97.1 cm³/mol. The zero-order valence-electron chi connectivity index (χ0n) is 14.2. The summed E-state index contributed by atoms with van der Waals surface area (Å²) < 4.78 is 40.0. The molecule has 7 heteroatoms. The average Bonchev–Trinajstić information content (AvgIpc) is 2.66. The number of hydrogen-bond donors (Lipinski definition) is 2. The first-order chi connectivity index (χ1) is 13.0. The van der Waals surface area contributed by atoms with Crippen LogP contribution in [0.2, 0.25) is 0 Å². The monoisotopic (exact) mass is 371 g/mol. The van der Waals surface area contributed by atoms with Gasteiger partial charge >= 0.3 is 0 Å². The molecule has 0 bridgehead atoms. The predicted octanol–water partition coefficient (Wildman–Crippen LogP) is 4.41. The number of hydrogen-bond acceptors (Lipinski definition) is 3. The van der Waals surface area contributed by atoms with E-state index in [1.807, 2.05) is 0 Å². The van der Waals surface area contributed by atoms with Crippen molar-refractivity contribution < 1.29 is 18.0 Å². The van der Waals surface area contributed by atoms with Gasteiger partial charge in [0.1, 0.15) is 23.1 Å². The Balaban J connectivity index is 1.56. The third-order valence-electron chi connectivity index (χ3n) is 3.86. The van der Waals surface area contributed by atoms with E-state index in [1.165, 1.54) is 18.3 Å². The van der Waals surface area contributed by atoms with E-state index in [4.69, 9.17) is 0 Å². The van der Waals surface area contributed by atoms with Crippen molar-refractivity contribution in [3.05, 3.63) is 89.5 Å². The molecule has 1 amide bonds. The van der Waals surface area contributed by atoms with E-state index in [2.05, 4.69) is 15.6 Å². The quantitative estimate of drug-likeness (QED) is 0.675. The zero-order chi connectivity index (χ0) is 19.2. The van der Waals surface area contributed by atoms with Crippen molar-refractivity contribution in [2.24, 2.45) is 0 Å². The number of carbonyl (C=O) groups is 1. The topological polar surface area (TPSA) is 54.0 Å². The smallest absolute Gasteiger partial charge is 0.274 e. The number of nitrogens with zero attached hydrogens (tertiary/aromatic N) is 1. The van der Waals surface area contributed by atoms with E-state index in [0.29, 0.717) is 30.3 Å². The summed E-state index contributed by atoms with van der Waals surface area (Å²) >= 11 is 0. The number of nitrogens with one attached hydrogen (secondary N) is 2. The molecule has 2 N–H and O–H groups in total. The molecule has 0 unspecified atom stereocenters. The summed E-state index contributed by atoms with van der Waals surface area (Å²) in [6, 6.07) is 12.5. The normalized spacial score (nSPS) is 10.5. The Morgan fingerprint density at radius 2 is 1.78 bits per heavy atom. The van der Waals surface area contributed by atoms with Gasteiger partial charge in [0.25, 0.3) is 5.91 Å². The minimum absolute atomic E-state index is 0.0818. The minimum Gasteiger partial charge on any atom is -0.383 e. The Labute approximate surface area is 154 Å². The van der Waals surface area contributed by atoms with Crippen molar-refractivity contribution in [1.82, 2.24) is 4.98 Å². The molecule has 0 saturated heterocycles. The number of amides is 1. The second-order valence-electron chi connectivity index (χ2n) is 5.78. The Morgan fingerprint density at radius 1 is 0.963 bits per heavy atom. The van der Waals surface area contributed by atoms with E-state index >= 15 is 0 Å². The van der Waals surface area contributed by atoms with Gasteiger partial charge in [0.2, 0.25) is 0 Å². The molecule has 3 aromatic rings. The van der Waals surface area contributed by atoms with Crippen molar-refractivity contribution >= 4 is 17.3 Å². The zero-order valence-corrected chi connectivity index (χ0v) is 14.2. The second-order valence-corrected chi connectivity index (χ2v) is 5.78. The van der Waals surface area contributed by atoms with Crippen LogP contribution >= 0.6 is 0 Å². The molecule has 0 spiro atoms. The highest BCUT2D eigenvalue weighted by Crippen LogP contribution is 2.16. The molecule has 2 aromatic carbocycles. The Bertz CT molecular complexity index is 945. The third kappa shape index (κ3) is 4.84. The van der Waals surface area contributed by atoms with Gasteiger partial charge in [-0.3, -0.25) is 4.79 Å². The highest BCUT2D eigenvalue weighted by atomic mass is 19.1. The Morgan fingerprint density at radius 3 is 2.48 bits per heavy atom. The largest absolute Gasteiger partial charge is 0.383 e. The van der Waals surface area contributed by atoms with Gasteiger partial charge in [0.15, 0.2) is 0 Å². The lowest BCUT2D eigenvalue weighted by Crippen LogP contribution is -2.15. The summed E-state index contributed by atoms with van der Waals surface area (Å²) in [6.45, 7) is 0.495. The molecule has 27 heavy (non-hydrogen) atoms. The number of anilines is 2. The van der Waals surface area contributed by atoms with Gasteiger partial charge < -0.3 is 10.6 Å². The lowest BCUT2D eigenvalue weighted by Gasteiger charge is -2.09. The second kappa shape index (κ2) is 8.35. The summed E-state index contributed by atoms with van der Waals surface area (Å²) in [6.07, 6.45) is 1.95. The van der Waals surface area contributed by atoms with Crippen LogP contribution in [0.25, 0.3) is 0 Å². The van der Waals surface area contributed by atoms with Crippen LogP contribution in [0.3, 0.4) is 0 Å². The van der Waals surface area contributed by atoms with Gasteiger partial charge in [0, 0.05) is 12.6 Å². The molecule has 0 aliphatic rings. The Hall–Kier alpha value is -3.35. The van der Waals surface area contributed by atoms with Crippen LogP contribution < -0.4 is 10.6 Å². The van der Waals surface area contributed by atoms with Crippen LogP contribution in [0.15, 0.2) is 60.8 Å². The molecular weight excluding hydrogens is 355 g/mol. The molecule has 138 valence electrons. The SMILES string of the molecule is O=C(Nc1ccc(F)cc1F)c1ccc(NCCc2ccccc2F)cn1. The summed E-state index contributed by atoms with van der Waals surface area (Å²) in [7, 11) is 0. The van der Waals surface area contributed by atoms with Crippen LogP contribution in [-0.2, 0) is 6.42 Å². The fourth-order valence-corrected chi connectivity index (χ4v) is 2.45. The van der Waals surface area contributed by atoms with E-state index in [1.54, 1.807) is 24.3 Å². The van der Waals surface area contributed by atoms with Crippen LogP contribution in [0.5, 0.6) is 0 Å². The van der Waals surface area contributed by atoms with Crippen LogP contribution in [0.4, 0.5) is 24.5 Å². The van der Waals surface area contributed by atoms with Gasteiger partial charge in [-0.15, -0.1) is 0 Å². The third-order valence-corrected chi connectivity index (χ3v) is 3.86. The molecule has 0 aliphatic heterocycles. The standard InChI is InChI=1S/C20H16F3N3O/c21-14-5-7-18(17(23)11-14)26-20(27)19-8-6-15(12-25-19)24-10-9-13-3-1-2-4-16(13)22/h1-8,11-12,24H,9-10H2,(H,26,27). The molecule has 0 atom stereocenters. The first-order valence-electron chi connectivity index (χ1n) is 8.22. The maximum atomic E-state index is 13.6. The van der Waals surface area contributed by atoms with Gasteiger partial charge in [-0.25, -0.2) is 18.2 Å². The van der Waals surface area contributed by atoms with Crippen molar-refractivity contribution in [1.29, 1.82) is 0 Å². The van der Waals surface area contributed by atoms with Crippen LogP contribution in [0.1, 0.15) is 16.1 Å². The summed E-state index contributed by atoms with van der Waals surface area (Å²) in [5.74, 6) is -2.46. The van der Waals surface area contributed by atoms with Crippen molar-refractivity contribution in [2.75, 3.05) is 17.2 Å². The number of halogens is 3. The lowest BCUT2D eigenvalue weighted by molar-refractivity contribution is 0.102. The average molecular weight is 371 g/mol. The molecule has 0 fully saturated rings. The lowest BCUT2D eigenvalue weighted by atomic mass is 10.1. The van der Waals surface area contributed by atoms with Gasteiger partial charge in [-0.05, 0) is 42.3 Å². The van der Waals surface area contributed by atoms with Crippen molar-refractivity contribution in [3.63, 3.8) is 0 Å². The van der Waals surface area contributed by atoms with E-state index in [9.17, 15) is 18.0 Å². The highest BCUT2D eigenvalue weighted by Gasteiger charge is 2.11. The van der Waals surface area contributed by atoms with E-state index in [-0.39, 0.29) is 17.2 Å². The maximum Gasteiger partial charge on any atom is 0.274 e. The molecule has 4 nitrogen and oxygen atoms in total. The molecule has 0 saturated carbocycles. The van der Waals surface area contributed by atoms with Crippen LogP contribution in [0, 0.1) is 17.5 Å². The van der Waals surface area contributed by atoms with Crippen molar-refractivity contribution in [3.8, 4) is 0 Å². The first kappa shape index (κ1) is 18.4. The van der Waals surface area contributed by atoms with E-state index < -0.39 is 17.5 Å². The maximum absolute atomic E-state index is 13.6. The molecule has 0 radical (unpaired) electrons. The summed E-state index contributed by atoms with van der Waals surface area (Å²) in [4.78, 5) is 16.1. The van der Waals surface area contributed by atoms with Crippen molar-refractivity contribution in [2.45, 2.75) is 6.42 Å². The molecule has 1 heterocycles. The van der Waals surface area contributed by atoms with Gasteiger partial charge in [-0.2, -0.15) is 0 Å². The fourth-order valence-electron chi connectivity index (χ4n) is 2.45. The first-order valence-corrected chi connectivity index (χ1v) is 8.22. The highest BCUT2D eigenvalue weighted by molar-refractivity contribution is 6.03. The number of benzene rings is 2. The fraction of sp³-hybridized carbons (Fsp3) is 0.100.